The molecule has 5 heteroatoms. The number of thiazole rings is 1. The van der Waals surface area contributed by atoms with Gasteiger partial charge in [0.15, 0.2) is 4.96 Å². The van der Waals surface area contributed by atoms with Gasteiger partial charge in [0.2, 0.25) is 0 Å². The molecule has 0 bridgehead atoms. The van der Waals surface area contributed by atoms with E-state index in [1.807, 2.05) is 40.9 Å². The van der Waals surface area contributed by atoms with Gasteiger partial charge in [-0.25, -0.2) is 4.98 Å². The van der Waals surface area contributed by atoms with E-state index in [1.54, 1.807) is 17.5 Å². The number of aryl methyl sites for hydroxylation is 1. The summed E-state index contributed by atoms with van der Waals surface area (Å²) in [6, 6.07) is 18.3. The zero-order valence-electron chi connectivity index (χ0n) is 13.8. The van der Waals surface area contributed by atoms with Crippen LogP contribution in [0.1, 0.15) is 21.6 Å². The van der Waals surface area contributed by atoms with E-state index in [0.717, 1.165) is 21.0 Å². The van der Waals surface area contributed by atoms with Gasteiger partial charge >= 0.3 is 0 Å². The SMILES string of the molecule is Cc1ccc(-c2cn3cc(C(=O)NCc4ccccc4)nc3s2)cc1. The van der Waals surface area contributed by atoms with Gasteiger partial charge in [-0.1, -0.05) is 71.5 Å². The molecule has 0 aliphatic rings. The van der Waals surface area contributed by atoms with E-state index in [-0.39, 0.29) is 5.91 Å². The molecule has 0 saturated carbocycles. The third-order valence-electron chi connectivity index (χ3n) is 4.02. The summed E-state index contributed by atoms with van der Waals surface area (Å²) in [5.41, 5.74) is 3.91. The average Bonchev–Trinajstić information content (AvgIpc) is 3.20. The minimum Gasteiger partial charge on any atom is -0.347 e. The van der Waals surface area contributed by atoms with Crippen molar-refractivity contribution in [3.8, 4) is 10.4 Å². The molecule has 1 amide bonds. The summed E-state index contributed by atoms with van der Waals surface area (Å²) >= 11 is 1.58. The lowest BCUT2D eigenvalue weighted by Crippen LogP contribution is -2.23. The number of nitrogens with one attached hydrogen (secondary N) is 1. The van der Waals surface area contributed by atoms with E-state index >= 15 is 0 Å². The van der Waals surface area contributed by atoms with Crippen LogP contribution in [0.25, 0.3) is 15.4 Å². The fourth-order valence-corrected chi connectivity index (χ4v) is 3.60. The molecule has 4 aromatic rings. The highest BCUT2D eigenvalue weighted by Crippen LogP contribution is 2.28. The Morgan fingerprint density at radius 3 is 2.56 bits per heavy atom. The van der Waals surface area contributed by atoms with Gasteiger partial charge < -0.3 is 5.32 Å². The molecule has 4 nitrogen and oxygen atoms in total. The van der Waals surface area contributed by atoms with Gasteiger partial charge in [-0.15, -0.1) is 0 Å². The van der Waals surface area contributed by atoms with Crippen molar-refractivity contribution in [1.29, 1.82) is 0 Å². The van der Waals surface area contributed by atoms with E-state index in [4.69, 9.17) is 0 Å². The first kappa shape index (κ1) is 15.6. The molecule has 25 heavy (non-hydrogen) atoms. The Balaban J connectivity index is 1.51. The maximum Gasteiger partial charge on any atom is 0.271 e. The van der Waals surface area contributed by atoms with Crippen molar-refractivity contribution in [2.24, 2.45) is 0 Å². The number of carbonyl (C=O) groups excluding carboxylic acids is 1. The molecule has 2 aromatic carbocycles. The van der Waals surface area contributed by atoms with Crippen molar-refractivity contribution in [2.45, 2.75) is 13.5 Å². The first-order valence-corrected chi connectivity index (χ1v) is 8.88. The molecule has 0 spiro atoms. The quantitative estimate of drug-likeness (QED) is 0.598. The molecule has 1 N–H and O–H groups in total. The lowest BCUT2D eigenvalue weighted by atomic mass is 10.1. The van der Waals surface area contributed by atoms with Gasteiger partial charge in [-0.05, 0) is 18.1 Å². The molecule has 0 aliphatic heterocycles. The maximum atomic E-state index is 12.3. The fourth-order valence-electron chi connectivity index (χ4n) is 2.63. The Morgan fingerprint density at radius 1 is 1.08 bits per heavy atom. The second kappa shape index (κ2) is 6.53. The molecule has 0 fully saturated rings. The zero-order valence-corrected chi connectivity index (χ0v) is 14.6. The Labute approximate surface area is 149 Å². The van der Waals surface area contributed by atoms with Crippen molar-refractivity contribution in [2.75, 3.05) is 0 Å². The maximum absolute atomic E-state index is 12.3. The van der Waals surface area contributed by atoms with Crippen LogP contribution in [0, 0.1) is 6.92 Å². The predicted octanol–water partition coefficient (Wildman–Crippen LogP) is 4.30. The number of hydrogen-bond donors (Lipinski definition) is 1. The number of aromatic nitrogens is 2. The van der Waals surface area contributed by atoms with Crippen molar-refractivity contribution < 1.29 is 4.79 Å². The first-order valence-electron chi connectivity index (χ1n) is 8.07. The molecule has 124 valence electrons. The monoisotopic (exact) mass is 347 g/mol. The van der Waals surface area contributed by atoms with Crippen molar-refractivity contribution in [3.63, 3.8) is 0 Å². The average molecular weight is 347 g/mol. The normalized spacial score (nSPS) is 10.9. The molecule has 0 unspecified atom stereocenters. The molecule has 0 radical (unpaired) electrons. The molecule has 0 saturated heterocycles. The van der Waals surface area contributed by atoms with Crippen LogP contribution in [-0.2, 0) is 6.54 Å². The summed E-state index contributed by atoms with van der Waals surface area (Å²) in [6.45, 7) is 2.57. The van der Waals surface area contributed by atoms with Crippen LogP contribution in [0.5, 0.6) is 0 Å². The highest BCUT2D eigenvalue weighted by molar-refractivity contribution is 7.20. The van der Waals surface area contributed by atoms with E-state index in [0.29, 0.717) is 12.2 Å². The summed E-state index contributed by atoms with van der Waals surface area (Å²) in [4.78, 5) is 18.7. The third-order valence-corrected chi connectivity index (χ3v) is 5.07. The second-order valence-electron chi connectivity index (χ2n) is 5.95. The number of hydrogen-bond acceptors (Lipinski definition) is 3. The van der Waals surface area contributed by atoms with Gasteiger partial charge in [-0.3, -0.25) is 9.20 Å². The summed E-state index contributed by atoms with van der Waals surface area (Å²) in [5, 5.41) is 2.91. The summed E-state index contributed by atoms with van der Waals surface area (Å²) in [6.07, 6.45) is 3.80. The molecule has 2 aromatic heterocycles. The van der Waals surface area contributed by atoms with E-state index in [2.05, 4.69) is 41.5 Å². The van der Waals surface area contributed by atoms with Crippen molar-refractivity contribution in [3.05, 3.63) is 83.8 Å². The van der Waals surface area contributed by atoms with Gasteiger partial charge in [0.25, 0.3) is 5.91 Å². The number of imidazole rings is 1. The van der Waals surface area contributed by atoms with Crippen LogP contribution in [0.2, 0.25) is 0 Å². The van der Waals surface area contributed by atoms with Gasteiger partial charge in [0.05, 0.1) is 4.88 Å². The van der Waals surface area contributed by atoms with Crippen molar-refractivity contribution in [1.82, 2.24) is 14.7 Å². The first-order chi connectivity index (χ1) is 12.2. The van der Waals surface area contributed by atoms with Crippen LogP contribution in [0.15, 0.2) is 67.0 Å². The molecule has 0 atom stereocenters. The fraction of sp³-hybridized carbons (Fsp3) is 0.100. The standard InChI is InChI=1S/C20H17N3OS/c1-14-7-9-16(10-8-14)18-13-23-12-17(22-20(23)25-18)19(24)21-11-15-5-3-2-4-6-15/h2-10,12-13H,11H2,1H3,(H,21,24). The Hall–Kier alpha value is -2.92. The van der Waals surface area contributed by atoms with Crippen molar-refractivity contribution >= 4 is 22.2 Å². The number of nitrogens with zero attached hydrogens (tertiary/aromatic N) is 2. The van der Waals surface area contributed by atoms with Crippen LogP contribution < -0.4 is 5.32 Å². The van der Waals surface area contributed by atoms with Crippen LogP contribution >= 0.6 is 11.3 Å². The highest BCUT2D eigenvalue weighted by atomic mass is 32.1. The predicted molar refractivity (Wildman–Crippen MR) is 101 cm³/mol. The Bertz CT molecular complexity index is 985. The van der Waals surface area contributed by atoms with E-state index in [1.165, 1.54) is 5.56 Å². The molecular formula is C20H17N3OS. The van der Waals surface area contributed by atoms with Gasteiger partial charge in [-0.2, -0.15) is 0 Å². The molecule has 2 heterocycles. The Kier molecular flexibility index (Phi) is 4.07. The molecular weight excluding hydrogens is 330 g/mol. The summed E-state index contributed by atoms with van der Waals surface area (Å²) in [5.74, 6) is -0.156. The number of amides is 1. The Morgan fingerprint density at radius 2 is 1.84 bits per heavy atom. The summed E-state index contributed by atoms with van der Waals surface area (Å²) < 4.78 is 1.91. The summed E-state index contributed by atoms with van der Waals surface area (Å²) in [7, 11) is 0. The number of rotatable bonds is 4. The largest absolute Gasteiger partial charge is 0.347 e. The third kappa shape index (κ3) is 3.32. The van der Waals surface area contributed by atoms with Crippen LogP contribution in [-0.4, -0.2) is 15.3 Å². The minimum absolute atomic E-state index is 0.156. The van der Waals surface area contributed by atoms with Crippen LogP contribution in [0.3, 0.4) is 0 Å². The van der Waals surface area contributed by atoms with Gasteiger partial charge in [0.1, 0.15) is 5.69 Å². The lowest BCUT2D eigenvalue weighted by molar-refractivity contribution is 0.0946. The van der Waals surface area contributed by atoms with E-state index in [9.17, 15) is 4.79 Å². The van der Waals surface area contributed by atoms with Gasteiger partial charge in [0, 0.05) is 18.9 Å². The number of fused-ring (bicyclic) bond motifs is 1. The number of benzene rings is 2. The van der Waals surface area contributed by atoms with E-state index < -0.39 is 0 Å². The molecule has 4 rings (SSSR count). The molecule has 0 aliphatic carbocycles. The minimum atomic E-state index is -0.156. The smallest absolute Gasteiger partial charge is 0.271 e. The zero-order chi connectivity index (χ0) is 17.2. The number of carbonyl (C=O) groups is 1. The highest BCUT2D eigenvalue weighted by Gasteiger charge is 2.13. The van der Waals surface area contributed by atoms with Crippen LogP contribution in [0.4, 0.5) is 0 Å². The second-order valence-corrected chi connectivity index (χ2v) is 6.95. The topological polar surface area (TPSA) is 46.4 Å². The lowest BCUT2D eigenvalue weighted by Gasteiger charge is -2.02.